The first-order valence-corrected chi connectivity index (χ1v) is 2.36. The van der Waals surface area contributed by atoms with Gasteiger partial charge in [0.1, 0.15) is 0 Å². The maximum Gasteiger partial charge on any atom is 0.0460 e. The van der Waals surface area contributed by atoms with Crippen LogP contribution in [0, 0.1) is 12.8 Å². The Bertz CT molecular complexity index is 37.1. The Labute approximate surface area is 43.8 Å². The first-order valence-electron chi connectivity index (χ1n) is 2.36. The second-order valence-corrected chi connectivity index (χ2v) is 1.56. The summed E-state index contributed by atoms with van der Waals surface area (Å²) in [6, 6.07) is 0. The molecule has 0 amide bonds. The maximum absolute atomic E-state index is 8.29. The fourth-order valence-corrected chi connectivity index (χ4v) is 0.274. The van der Waals surface area contributed by atoms with E-state index >= 15 is 0 Å². The molecule has 0 aromatic carbocycles. The van der Waals surface area contributed by atoms with Crippen molar-refractivity contribution in [2.24, 2.45) is 5.92 Å². The highest BCUT2D eigenvalue weighted by molar-refractivity contribution is 4.56. The Hall–Kier alpha value is -0.0800. The summed E-state index contributed by atoms with van der Waals surface area (Å²) in [6.45, 7) is 3.73. The van der Waals surface area contributed by atoms with E-state index in [-0.39, 0.29) is 19.1 Å². The molecule has 0 aromatic rings. The van der Waals surface area contributed by atoms with Gasteiger partial charge < -0.3 is 10.2 Å². The zero-order valence-corrected chi connectivity index (χ0v) is 4.30. The molecule has 2 nitrogen and oxygen atoms in total. The largest absolute Gasteiger partial charge is 0.396 e. The second-order valence-electron chi connectivity index (χ2n) is 1.56. The van der Waals surface area contributed by atoms with E-state index in [2.05, 4.69) is 6.92 Å². The average molecular weight is 103 g/mol. The maximum atomic E-state index is 8.29. The van der Waals surface area contributed by atoms with Crippen LogP contribution in [0.1, 0.15) is 6.42 Å². The van der Waals surface area contributed by atoms with Gasteiger partial charge in [-0.3, -0.25) is 0 Å². The molecule has 0 aliphatic heterocycles. The highest BCUT2D eigenvalue weighted by Crippen LogP contribution is 1.95. The summed E-state index contributed by atoms with van der Waals surface area (Å²) < 4.78 is 0. The molecule has 0 rings (SSSR count). The highest BCUT2D eigenvalue weighted by Gasteiger charge is 1.95. The number of hydrogen-bond acceptors (Lipinski definition) is 2. The van der Waals surface area contributed by atoms with Crippen LogP contribution in [0.5, 0.6) is 0 Å². The van der Waals surface area contributed by atoms with Gasteiger partial charge in [-0.2, -0.15) is 0 Å². The zero-order valence-electron chi connectivity index (χ0n) is 4.30. The molecule has 0 bridgehead atoms. The second kappa shape index (κ2) is 4.09. The Balaban J connectivity index is 2.83. The summed E-state index contributed by atoms with van der Waals surface area (Å²) in [5.74, 6) is 0.00463. The van der Waals surface area contributed by atoms with Crippen molar-refractivity contribution in [2.75, 3.05) is 13.2 Å². The molecule has 1 atom stereocenters. The first kappa shape index (κ1) is 6.92. The molecule has 7 heavy (non-hydrogen) atoms. The van der Waals surface area contributed by atoms with Gasteiger partial charge in [0.05, 0.1) is 0 Å². The topological polar surface area (TPSA) is 40.5 Å². The lowest BCUT2D eigenvalue weighted by molar-refractivity contribution is 0.206. The highest BCUT2D eigenvalue weighted by atomic mass is 16.3. The van der Waals surface area contributed by atoms with Crippen molar-refractivity contribution < 1.29 is 10.2 Å². The number of aliphatic hydroxyl groups excluding tert-OH is 2. The monoisotopic (exact) mass is 103 g/mol. The zero-order chi connectivity index (χ0) is 5.70. The smallest absolute Gasteiger partial charge is 0.0460 e. The molecule has 0 saturated carbocycles. The van der Waals surface area contributed by atoms with Crippen LogP contribution < -0.4 is 0 Å². The van der Waals surface area contributed by atoms with Gasteiger partial charge in [0.2, 0.25) is 0 Å². The van der Waals surface area contributed by atoms with Crippen LogP contribution in [0.25, 0.3) is 0 Å². The molecule has 2 heteroatoms. The lowest BCUT2D eigenvalue weighted by atomic mass is 10.1. The van der Waals surface area contributed by atoms with E-state index < -0.39 is 0 Å². The predicted octanol–water partition coefficient (Wildman–Crippen LogP) is -0.189. The third kappa shape index (κ3) is 3.76. The van der Waals surface area contributed by atoms with Crippen molar-refractivity contribution in [3.05, 3.63) is 6.92 Å². The summed E-state index contributed by atoms with van der Waals surface area (Å²) in [5.41, 5.74) is 0. The molecular weight excluding hydrogens is 92.1 g/mol. The summed E-state index contributed by atoms with van der Waals surface area (Å²) in [5, 5.41) is 16.5. The molecule has 0 spiro atoms. The SMILES string of the molecule is [CH2]C(CO)CCO. The number of aliphatic hydroxyl groups is 2. The van der Waals surface area contributed by atoms with Gasteiger partial charge >= 0.3 is 0 Å². The van der Waals surface area contributed by atoms with Gasteiger partial charge in [-0.15, -0.1) is 0 Å². The molecule has 1 radical (unpaired) electrons. The van der Waals surface area contributed by atoms with Gasteiger partial charge in [-0.1, -0.05) is 0 Å². The lowest BCUT2D eigenvalue weighted by Gasteiger charge is -2.01. The molecule has 1 unspecified atom stereocenters. The Kier molecular flexibility index (Phi) is 4.04. The van der Waals surface area contributed by atoms with Gasteiger partial charge in [-0.05, 0) is 19.3 Å². The summed E-state index contributed by atoms with van der Waals surface area (Å²) >= 11 is 0. The first-order chi connectivity index (χ1) is 3.31. The van der Waals surface area contributed by atoms with Crippen molar-refractivity contribution >= 4 is 0 Å². The minimum Gasteiger partial charge on any atom is -0.396 e. The van der Waals surface area contributed by atoms with E-state index in [1.54, 1.807) is 0 Å². The minimum absolute atomic E-state index is 0.00463. The van der Waals surface area contributed by atoms with Crippen molar-refractivity contribution in [3.8, 4) is 0 Å². The van der Waals surface area contributed by atoms with E-state index in [4.69, 9.17) is 10.2 Å². The van der Waals surface area contributed by atoms with E-state index in [0.717, 1.165) is 0 Å². The Morgan fingerprint density at radius 1 is 1.43 bits per heavy atom. The van der Waals surface area contributed by atoms with E-state index in [1.807, 2.05) is 0 Å². The van der Waals surface area contributed by atoms with Crippen molar-refractivity contribution in [3.63, 3.8) is 0 Å². The van der Waals surface area contributed by atoms with Crippen LogP contribution in [-0.4, -0.2) is 23.4 Å². The van der Waals surface area contributed by atoms with Crippen LogP contribution in [0.15, 0.2) is 0 Å². The molecule has 0 heterocycles. The fraction of sp³-hybridized carbons (Fsp3) is 0.800. The summed E-state index contributed by atoms with van der Waals surface area (Å²) in [7, 11) is 0. The predicted molar refractivity (Wildman–Crippen MR) is 27.6 cm³/mol. The number of hydrogen-bond donors (Lipinski definition) is 2. The van der Waals surface area contributed by atoms with Crippen molar-refractivity contribution in [1.29, 1.82) is 0 Å². The van der Waals surface area contributed by atoms with Gasteiger partial charge in [0.25, 0.3) is 0 Å². The molecule has 43 valence electrons. The summed E-state index contributed by atoms with van der Waals surface area (Å²) in [4.78, 5) is 0. The normalized spacial score (nSPS) is 14.1. The Morgan fingerprint density at radius 2 is 2.00 bits per heavy atom. The third-order valence-electron chi connectivity index (χ3n) is 0.796. The van der Waals surface area contributed by atoms with Crippen LogP contribution in [0.4, 0.5) is 0 Å². The van der Waals surface area contributed by atoms with Gasteiger partial charge in [0.15, 0.2) is 0 Å². The molecule has 2 N–H and O–H groups in total. The third-order valence-corrected chi connectivity index (χ3v) is 0.796. The van der Waals surface area contributed by atoms with E-state index in [1.165, 1.54) is 0 Å². The minimum atomic E-state index is 0.00463. The van der Waals surface area contributed by atoms with Gasteiger partial charge in [0, 0.05) is 13.2 Å². The van der Waals surface area contributed by atoms with Crippen LogP contribution in [0.2, 0.25) is 0 Å². The van der Waals surface area contributed by atoms with Gasteiger partial charge in [-0.25, -0.2) is 0 Å². The lowest BCUT2D eigenvalue weighted by Crippen LogP contribution is -2.02. The average Bonchev–Trinajstić information content (AvgIpc) is 1.68. The number of rotatable bonds is 3. The Morgan fingerprint density at radius 3 is 2.14 bits per heavy atom. The van der Waals surface area contributed by atoms with E-state index in [0.29, 0.717) is 6.42 Å². The quantitative estimate of drug-likeness (QED) is 0.520. The molecule has 0 fully saturated rings. The van der Waals surface area contributed by atoms with Crippen molar-refractivity contribution in [1.82, 2.24) is 0 Å². The summed E-state index contributed by atoms with van der Waals surface area (Å²) in [6.07, 6.45) is 0.594. The molecular formula is C5H11O2. The molecule has 0 saturated heterocycles. The van der Waals surface area contributed by atoms with Crippen LogP contribution in [-0.2, 0) is 0 Å². The molecule has 0 aromatic heterocycles. The molecule has 0 aliphatic rings. The van der Waals surface area contributed by atoms with Crippen LogP contribution >= 0.6 is 0 Å². The fourth-order valence-electron chi connectivity index (χ4n) is 0.274. The van der Waals surface area contributed by atoms with Crippen molar-refractivity contribution in [2.45, 2.75) is 6.42 Å². The van der Waals surface area contributed by atoms with Crippen LogP contribution in [0.3, 0.4) is 0 Å². The standard InChI is InChI=1S/C5H11O2/c1-5(4-7)2-3-6/h5-7H,1-4H2. The molecule has 0 aliphatic carbocycles. The van der Waals surface area contributed by atoms with E-state index in [9.17, 15) is 0 Å².